The lowest BCUT2D eigenvalue weighted by Gasteiger charge is -2.27. The fourth-order valence-corrected chi connectivity index (χ4v) is 10.3. The van der Waals surface area contributed by atoms with Gasteiger partial charge in [-0.3, -0.25) is 0 Å². The Labute approximate surface area is 362 Å². The highest BCUT2D eigenvalue weighted by Crippen LogP contribution is 2.50. The summed E-state index contributed by atoms with van der Waals surface area (Å²) < 4.78 is 0. The van der Waals surface area contributed by atoms with Gasteiger partial charge in [-0.2, -0.15) is 0 Å². The summed E-state index contributed by atoms with van der Waals surface area (Å²) in [6.45, 7) is 4.71. The van der Waals surface area contributed by atoms with Gasteiger partial charge in [-0.15, -0.1) is 0 Å². The Morgan fingerprint density at radius 1 is 0.274 bits per heavy atom. The van der Waals surface area contributed by atoms with Crippen LogP contribution in [0.2, 0.25) is 0 Å². The number of anilines is 3. The summed E-state index contributed by atoms with van der Waals surface area (Å²) >= 11 is 0. The van der Waals surface area contributed by atoms with Gasteiger partial charge in [0, 0.05) is 22.5 Å². The van der Waals surface area contributed by atoms with E-state index in [-0.39, 0.29) is 5.41 Å². The Kier molecular flexibility index (Phi) is 8.27. The van der Waals surface area contributed by atoms with E-state index < -0.39 is 0 Å². The van der Waals surface area contributed by atoms with Crippen LogP contribution in [0.25, 0.3) is 87.6 Å². The normalized spacial score (nSPS) is 12.8. The average molecular weight is 790 g/mol. The summed E-state index contributed by atoms with van der Waals surface area (Å²) in [4.78, 5) is 2.42. The van der Waals surface area contributed by atoms with E-state index in [4.69, 9.17) is 0 Å². The van der Waals surface area contributed by atoms with Crippen LogP contribution >= 0.6 is 0 Å². The third kappa shape index (κ3) is 5.77. The number of fused-ring (bicyclic) bond motifs is 9. The van der Waals surface area contributed by atoms with Crippen molar-refractivity contribution in [3.05, 3.63) is 236 Å². The van der Waals surface area contributed by atoms with E-state index in [0.717, 1.165) is 17.1 Å². The quantitative estimate of drug-likeness (QED) is 0.152. The SMILES string of the molecule is CC1(C)c2ccccc2-c2ccc(-c3ccc(N(c4cccc(-c5cc6ccccc6c6ccccc56)c4)c4cccc(-c5cc6ccccc6c6ccccc56)c4)cc3)cc21. The van der Waals surface area contributed by atoms with Crippen LogP contribution in [0, 0.1) is 0 Å². The number of nitrogens with zero attached hydrogens (tertiary/aromatic N) is 1. The van der Waals surface area contributed by atoms with Crippen molar-refractivity contribution in [3.63, 3.8) is 0 Å². The summed E-state index contributed by atoms with van der Waals surface area (Å²) in [5.41, 5.74) is 16.0. The molecular weight excluding hydrogens is 747 g/mol. The number of hydrogen-bond donors (Lipinski definition) is 0. The molecule has 1 heteroatoms. The molecule has 12 rings (SSSR count). The zero-order valence-corrected chi connectivity index (χ0v) is 34.8. The molecule has 0 saturated carbocycles. The second-order valence-electron chi connectivity index (χ2n) is 17.3. The van der Waals surface area contributed by atoms with Crippen molar-refractivity contribution < 1.29 is 0 Å². The smallest absolute Gasteiger partial charge is 0.0467 e. The Hall–Kier alpha value is -7.74. The Balaban J connectivity index is 1.01. The topological polar surface area (TPSA) is 3.24 Å². The molecule has 0 bridgehead atoms. The first-order chi connectivity index (χ1) is 30.5. The second kappa shape index (κ2) is 14.2. The standard InChI is InChI=1S/C61H43N/c1-61(2)59-28-12-11-27-55(59)56-34-31-41(39-60(56)61)40-29-32-46(33-30-40)62(47-19-13-17-42(35-47)57-37-44-15-3-5-21-49(44)51-23-7-9-25-53(51)57)48-20-14-18-43(36-48)58-38-45-16-4-6-22-50(45)52-24-8-10-26-54(52)58/h3-39H,1-2H3. The molecule has 0 unspecified atom stereocenters. The third-order valence-electron chi connectivity index (χ3n) is 13.4. The van der Waals surface area contributed by atoms with E-state index in [9.17, 15) is 0 Å². The van der Waals surface area contributed by atoms with E-state index in [2.05, 4.69) is 243 Å². The molecular formula is C61H43N. The van der Waals surface area contributed by atoms with Crippen molar-refractivity contribution in [2.45, 2.75) is 19.3 Å². The van der Waals surface area contributed by atoms with Crippen molar-refractivity contribution in [2.24, 2.45) is 0 Å². The summed E-state index contributed by atoms with van der Waals surface area (Å²) in [7, 11) is 0. The molecule has 0 saturated heterocycles. The van der Waals surface area contributed by atoms with E-state index in [1.807, 2.05) is 0 Å². The molecule has 0 aromatic heterocycles. The van der Waals surface area contributed by atoms with E-state index in [1.165, 1.54) is 98.7 Å². The number of benzene rings is 11. The van der Waals surface area contributed by atoms with Crippen LogP contribution in [0.1, 0.15) is 25.0 Å². The van der Waals surface area contributed by atoms with Gasteiger partial charge in [-0.1, -0.05) is 184 Å². The number of rotatable bonds is 6. The van der Waals surface area contributed by atoms with Gasteiger partial charge in [-0.25, -0.2) is 0 Å². The molecule has 1 aliphatic carbocycles. The van der Waals surface area contributed by atoms with Crippen molar-refractivity contribution in [3.8, 4) is 44.5 Å². The minimum Gasteiger partial charge on any atom is -0.310 e. The Bertz CT molecular complexity index is 3390. The minimum absolute atomic E-state index is 0.0541. The Morgan fingerprint density at radius 2 is 0.742 bits per heavy atom. The van der Waals surface area contributed by atoms with E-state index in [0.29, 0.717) is 0 Å². The predicted octanol–water partition coefficient (Wildman–Crippen LogP) is 17.1. The zero-order valence-electron chi connectivity index (χ0n) is 34.8. The van der Waals surface area contributed by atoms with Gasteiger partial charge in [0.25, 0.3) is 0 Å². The monoisotopic (exact) mass is 789 g/mol. The lowest BCUT2D eigenvalue weighted by molar-refractivity contribution is 0.660. The molecule has 0 aliphatic heterocycles. The molecule has 0 atom stereocenters. The van der Waals surface area contributed by atoms with Gasteiger partial charge >= 0.3 is 0 Å². The van der Waals surface area contributed by atoms with Crippen LogP contribution in [0.15, 0.2) is 224 Å². The molecule has 11 aromatic carbocycles. The maximum atomic E-state index is 2.42. The van der Waals surface area contributed by atoms with Crippen molar-refractivity contribution in [1.82, 2.24) is 0 Å². The molecule has 0 fully saturated rings. The predicted molar refractivity (Wildman–Crippen MR) is 265 cm³/mol. The summed E-state index contributed by atoms with van der Waals surface area (Å²) in [5, 5.41) is 10.1. The minimum atomic E-state index is -0.0541. The number of hydrogen-bond acceptors (Lipinski definition) is 1. The van der Waals surface area contributed by atoms with Gasteiger partial charge in [0.15, 0.2) is 0 Å². The molecule has 292 valence electrons. The molecule has 11 aromatic rings. The van der Waals surface area contributed by atoms with Crippen molar-refractivity contribution in [1.29, 1.82) is 0 Å². The van der Waals surface area contributed by atoms with Crippen LogP contribution in [-0.4, -0.2) is 0 Å². The largest absolute Gasteiger partial charge is 0.310 e. The van der Waals surface area contributed by atoms with Crippen LogP contribution in [0.4, 0.5) is 17.1 Å². The second-order valence-corrected chi connectivity index (χ2v) is 17.3. The molecule has 0 spiro atoms. The van der Waals surface area contributed by atoms with Gasteiger partial charge < -0.3 is 4.90 Å². The molecule has 62 heavy (non-hydrogen) atoms. The Morgan fingerprint density at radius 3 is 1.32 bits per heavy atom. The molecule has 1 aliphatic rings. The summed E-state index contributed by atoms with van der Waals surface area (Å²) in [6.07, 6.45) is 0. The molecule has 0 radical (unpaired) electrons. The lowest BCUT2D eigenvalue weighted by atomic mass is 9.81. The van der Waals surface area contributed by atoms with Crippen molar-refractivity contribution >= 4 is 60.2 Å². The maximum Gasteiger partial charge on any atom is 0.0467 e. The van der Waals surface area contributed by atoms with Gasteiger partial charge in [0.2, 0.25) is 0 Å². The molecule has 0 heterocycles. The highest BCUT2D eigenvalue weighted by molar-refractivity contribution is 6.15. The first-order valence-electron chi connectivity index (χ1n) is 21.7. The van der Waals surface area contributed by atoms with E-state index in [1.54, 1.807) is 0 Å². The van der Waals surface area contributed by atoms with Crippen LogP contribution in [-0.2, 0) is 5.41 Å². The van der Waals surface area contributed by atoms with Crippen LogP contribution in [0.3, 0.4) is 0 Å². The summed E-state index contributed by atoms with van der Waals surface area (Å²) in [5.74, 6) is 0. The fourth-order valence-electron chi connectivity index (χ4n) is 10.3. The van der Waals surface area contributed by atoms with Gasteiger partial charge in [0.1, 0.15) is 0 Å². The van der Waals surface area contributed by atoms with Crippen molar-refractivity contribution in [2.75, 3.05) is 4.90 Å². The van der Waals surface area contributed by atoms with Gasteiger partial charge in [0.05, 0.1) is 0 Å². The fraction of sp³-hybridized carbons (Fsp3) is 0.0492. The molecule has 1 nitrogen and oxygen atoms in total. The van der Waals surface area contributed by atoms with Crippen LogP contribution in [0.5, 0.6) is 0 Å². The molecule has 0 amide bonds. The highest BCUT2D eigenvalue weighted by atomic mass is 15.1. The lowest BCUT2D eigenvalue weighted by Crippen LogP contribution is -2.14. The zero-order chi connectivity index (χ0) is 41.4. The maximum absolute atomic E-state index is 2.42. The average Bonchev–Trinajstić information content (AvgIpc) is 3.56. The third-order valence-corrected chi connectivity index (χ3v) is 13.4. The summed E-state index contributed by atoms with van der Waals surface area (Å²) in [6, 6.07) is 83.0. The first-order valence-corrected chi connectivity index (χ1v) is 21.7. The van der Waals surface area contributed by atoms with E-state index >= 15 is 0 Å². The molecule has 0 N–H and O–H groups in total. The van der Waals surface area contributed by atoms with Gasteiger partial charge in [-0.05, 0) is 153 Å². The van der Waals surface area contributed by atoms with Crippen LogP contribution < -0.4 is 4.90 Å². The first kappa shape index (κ1) is 36.1. The highest BCUT2D eigenvalue weighted by Gasteiger charge is 2.35.